The molecule has 3 aromatic rings. The van der Waals surface area contributed by atoms with Crippen molar-refractivity contribution in [3.8, 4) is 0 Å². The molecule has 11 heteroatoms. The van der Waals surface area contributed by atoms with Gasteiger partial charge in [0, 0.05) is 42.5 Å². The number of benzene rings is 1. The number of H-pyrrole nitrogens is 1. The number of anilines is 2. The zero-order valence-electron chi connectivity index (χ0n) is 18.1. The van der Waals surface area contributed by atoms with E-state index in [4.69, 9.17) is 4.74 Å². The molecule has 1 aromatic carbocycles. The van der Waals surface area contributed by atoms with Gasteiger partial charge in [0.2, 0.25) is 15.0 Å². The Morgan fingerprint density at radius 1 is 1.24 bits per heavy atom. The molecular weight excluding hydrogens is 444 g/mol. The maximum Gasteiger partial charge on any atom is 0.410 e. The summed E-state index contributed by atoms with van der Waals surface area (Å²) in [4.78, 5) is 22.8. The summed E-state index contributed by atoms with van der Waals surface area (Å²) in [5.41, 5.74) is 3.19. The molecule has 172 valence electrons. The van der Waals surface area contributed by atoms with E-state index in [0.29, 0.717) is 41.8 Å². The van der Waals surface area contributed by atoms with E-state index in [1.165, 1.54) is 0 Å². The minimum atomic E-state index is -3.61. The van der Waals surface area contributed by atoms with Crippen molar-refractivity contribution >= 4 is 27.6 Å². The van der Waals surface area contributed by atoms with Crippen molar-refractivity contribution in [1.29, 1.82) is 0 Å². The third-order valence-electron chi connectivity index (χ3n) is 5.70. The van der Waals surface area contributed by atoms with Gasteiger partial charge in [-0.2, -0.15) is 5.10 Å². The van der Waals surface area contributed by atoms with Gasteiger partial charge in [-0.1, -0.05) is 30.3 Å². The first kappa shape index (κ1) is 21.4. The Balaban J connectivity index is 1.38. The molecule has 33 heavy (non-hydrogen) atoms. The van der Waals surface area contributed by atoms with Gasteiger partial charge in [0.1, 0.15) is 12.4 Å². The van der Waals surface area contributed by atoms with Crippen LogP contribution in [0.4, 0.5) is 16.4 Å². The van der Waals surface area contributed by atoms with Crippen molar-refractivity contribution in [2.24, 2.45) is 0 Å². The Bertz CT molecular complexity index is 1290. The highest BCUT2D eigenvalue weighted by Crippen LogP contribution is 2.40. The molecule has 2 aliphatic rings. The SMILES string of the molecule is CS(=O)(=O)c1nc2c(c(Nc3cc(C4CC4)[nH]n3)n1)CN(C(=O)OCc1ccccc1)CC2. The van der Waals surface area contributed by atoms with E-state index in [2.05, 4.69) is 25.5 Å². The standard InChI is InChI=1S/C22H24N6O4S/c1-33(30,31)21-23-17-9-10-28(22(29)32-13-14-5-3-2-4-6-14)12-16(17)20(25-21)24-19-11-18(26-27-19)15-7-8-15/h2-6,11,15H,7-10,12-13H2,1H3,(H2,23,24,25,26,27). The van der Waals surface area contributed by atoms with Gasteiger partial charge in [0.15, 0.2) is 5.82 Å². The number of sulfone groups is 1. The summed E-state index contributed by atoms with van der Waals surface area (Å²) in [5, 5.41) is 10.2. The zero-order valence-corrected chi connectivity index (χ0v) is 18.9. The summed E-state index contributed by atoms with van der Waals surface area (Å²) in [6.45, 7) is 0.749. The normalized spacial score (nSPS) is 15.7. The molecular formula is C22H24N6O4S. The molecule has 0 saturated heterocycles. The minimum Gasteiger partial charge on any atom is -0.445 e. The Morgan fingerprint density at radius 3 is 2.76 bits per heavy atom. The van der Waals surface area contributed by atoms with Crippen LogP contribution in [0.2, 0.25) is 0 Å². The highest BCUT2D eigenvalue weighted by Gasteiger charge is 2.29. The van der Waals surface area contributed by atoms with E-state index < -0.39 is 15.9 Å². The highest BCUT2D eigenvalue weighted by molar-refractivity contribution is 7.90. The molecule has 0 bridgehead atoms. The van der Waals surface area contributed by atoms with Crippen LogP contribution in [0.5, 0.6) is 0 Å². The van der Waals surface area contributed by atoms with Crippen molar-refractivity contribution in [2.75, 3.05) is 18.1 Å². The second kappa shape index (κ2) is 8.47. The van der Waals surface area contributed by atoms with Crippen LogP contribution in [-0.4, -0.2) is 52.4 Å². The molecule has 3 heterocycles. The van der Waals surface area contributed by atoms with Gasteiger partial charge in [-0.15, -0.1) is 0 Å². The van der Waals surface area contributed by atoms with Crippen LogP contribution in [0.3, 0.4) is 0 Å². The number of amides is 1. The number of aromatic amines is 1. The van der Waals surface area contributed by atoms with Crippen LogP contribution in [0.1, 0.15) is 41.3 Å². The molecule has 0 spiro atoms. The zero-order chi connectivity index (χ0) is 23.0. The van der Waals surface area contributed by atoms with Crippen molar-refractivity contribution in [1.82, 2.24) is 25.1 Å². The largest absolute Gasteiger partial charge is 0.445 e. The summed E-state index contributed by atoms with van der Waals surface area (Å²) in [5.74, 6) is 1.37. The average Bonchev–Trinajstić information content (AvgIpc) is 3.56. The van der Waals surface area contributed by atoms with E-state index in [0.717, 1.165) is 30.4 Å². The van der Waals surface area contributed by atoms with Crippen LogP contribution < -0.4 is 5.32 Å². The first-order chi connectivity index (χ1) is 15.9. The Morgan fingerprint density at radius 2 is 2.03 bits per heavy atom. The summed E-state index contributed by atoms with van der Waals surface area (Å²) < 4.78 is 29.8. The van der Waals surface area contributed by atoms with Crippen LogP contribution in [-0.2, 0) is 34.1 Å². The third kappa shape index (κ3) is 4.82. The molecule has 2 aromatic heterocycles. The first-order valence-corrected chi connectivity index (χ1v) is 12.6. The molecule has 10 nitrogen and oxygen atoms in total. The average molecular weight is 469 g/mol. The van der Waals surface area contributed by atoms with Gasteiger partial charge in [-0.3, -0.25) is 5.10 Å². The maximum absolute atomic E-state index is 12.7. The highest BCUT2D eigenvalue weighted by atomic mass is 32.2. The quantitative estimate of drug-likeness (QED) is 0.528. The van der Waals surface area contributed by atoms with Gasteiger partial charge in [0.25, 0.3) is 0 Å². The summed E-state index contributed by atoms with van der Waals surface area (Å²) >= 11 is 0. The Kier molecular flexibility index (Phi) is 5.49. The number of ether oxygens (including phenoxy) is 1. The van der Waals surface area contributed by atoms with Gasteiger partial charge < -0.3 is 15.0 Å². The lowest BCUT2D eigenvalue weighted by molar-refractivity contribution is 0.0916. The van der Waals surface area contributed by atoms with Crippen LogP contribution >= 0.6 is 0 Å². The molecule has 1 amide bonds. The number of nitrogens with one attached hydrogen (secondary N) is 2. The molecule has 0 radical (unpaired) electrons. The fraction of sp³-hybridized carbons (Fsp3) is 0.364. The number of rotatable bonds is 6. The number of hydrogen-bond acceptors (Lipinski definition) is 8. The van der Waals surface area contributed by atoms with E-state index >= 15 is 0 Å². The topological polar surface area (TPSA) is 130 Å². The smallest absolute Gasteiger partial charge is 0.410 e. The molecule has 0 atom stereocenters. The Labute approximate surface area is 191 Å². The van der Waals surface area contributed by atoms with E-state index in [9.17, 15) is 13.2 Å². The fourth-order valence-electron chi connectivity index (χ4n) is 3.75. The molecule has 0 unspecified atom stereocenters. The molecule has 5 rings (SSSR count). The van der Waals surface area contributed by atoms with Crippen molar-refractivity contribution in [3.63, 3.8) is 0 Å². The predicted molar refractivity (Wildman–Crippen MR) is 120 cm³/mol. The number of nitrogens with zero attached hydrogens (tertiary/aromatic N) is 4. The van der Waals surface area contributed by atoms with Crippen molar-refractivity contribution in [2.45, 2.75) is 43.5 Å². The van der Waals surface area contributed by atoms with Gasteiger partial charge >= 0.3 is 6.09 Å². The number of aromatic nitrogens is 4. The number of carbonyl (C=O) groups is 1. The second-order valence-corrected chi connectivity index (χ2v) is 10.3. The lowest BCUT2D eigenvalue weighted by atomic mass is 10.1. The Hall–Kier alpha value is -3.47. The number of fused-ring (bicyclic) bond motifs is 1. The molecule has 1 fully saturated rings. The second-order valence-electron chi connectivity index (χ2n) is 8.37. The molecule has 1 aliphatic heterocycles. The first-order valence-electron chi connectivity index (χ1n) is 10.7. The maximum atomic E-state index is 12.7. The lowest BCUT2D eigenvalue weighted by Gasteiger charge is -2.29. The van der Waals surface area contributed by atoms with Crippen LogP contribution in [0.25, 0.3) is 0 Å². The predicted octanol–water partition coefficient (Wildman–Crippen LogP) is 2.92. The van der Waals surface area contributed by atoms with Crippen molar-refractivity contribution in [3.05, 3.63) is 58.9 Å². The minimum absolute atomic E-state index is 0.175. The third-order valence-corrected chi connectivity index (χ3v) is 6.54. The van der Waals surface area contributed by atoms with Gasteiger partial charge in [-0.05, 0) is 18.4 Å². The summed E-state index contributed by atoms with van der Waals surface area (Å²) in [6.07, 6.45) is 3.28. The number of carbonyl (C=O) groups excluding carboxylic acids is 1. The van der Waals surface area contributed by atoms with Gasteiger partial charge in [0.05, 0.1) is 12.2 Å². The van der Waals surface area contributed by atoms with Crippen LogP contribution in [0.15, 0.2) is 41.6 Å². The van der Waals surface area contributed by atoms with E-state index in [-0.39, 0.29) is 18.3 Å². The van der Waals surface area contributed by atoms with Crippen LogP contribution in [0, 0.1) is 0 Å². The lowest BCUT2D eigenvalue weighted by Crippen LogP contribution is -2.37. The summed E-state index contributed by atoms with van der Waals surface area (Å²) in [6, 6.07) is 11.4. The summed E-state index contributed by atoms with van der Waals surface area (Å²) in [7, 11) is -3.61. The molecule has 2 N–H and O–H groups in total. The number of hydrogen-bond donors (Lipinski definition) is 2. The fourth-order valence-corrected chi connectivity index (χ4v) is 4.29. The van der Waals surface area contributed by atoms with Crippen molar-refractivity contribution < 1.29 is 17.9 Å². The molecule has 1 saturated carbocycles. The molecule has 1 aliphatic carbocycles. The van der Waals surface area contributed by atoms with E-state index in [1.807, 2.05) is 36.4 Å². The monoisotopic (exact) mass is 468 g/mol. The van der Waals surface area contributed by atoms with Gasteiger partial charge in [-0.25, -0.2) is 23.2 Å². The van der Waals surface area contributed by atoms with E-state index in [1.54, 1.807) is 4.90 Å².